The van der Waals surface area contributed by atoms with Gasteiger partial charge in [0.2, 0.25) is 0 Å². The number of aromatic nitrogens is 2. The summed E-state index contributed by atoms with van der Waals surface area (Å²) in [5, 5.41) is 6.58. The van der Waals surface area contributed by atoms with Gasteiger partial charge in [-0.25, -0.2) is 8.42 Å². The molecule has 1 aliphatic rings. The van der Waals surface area contributed by atoms with Crippen molar-refractivity contribution in [2.24, 2.45) is 5.73 Å². The van der Waals surface area contributed by atoms with Crippen LogP contribution in [0.1, 0.15) is 44.6 Å². The zero-order valence-corrected chi connectivity index (χ0v) is 12.1. The zero-order chi connectivity index (χ0) is 13.9. The number of nitrogens with one attached hydrogen (secondary N) is 1. The Hall–Kier alpha value is -0.920. The van der Waals surface area contributed by atoms with Crippen molar-refractivity contribution in [1.82, 2.24) is 14.5 Å². The molecule has 1 aromatic heterocycles. The molecular weight excluding hydrogens is 264 g/mol. The van der Waals surface area contributed by atoms with Crippen LogP contribution in [0.5, 0.6) is 0 Å². The summed E-state index contributed by atoms with van der Waals surface area (Å²) in [6.07, 6.45) is 6.37. The molecule has 0 aromatic carbocycles. The van der Waals surface area contributed by atoms with Gasteiger partial charge < -0.3 is 5.73 Å². The van der Waals surface area contributed by atoms with Crippen molar-refractivity contribution in [1.29, 1.82) is 0 Å². The summed E-state index contributed by atoms with van der Waals surface area (Å²) in [4.78, 5) is 0. The third kappa shape index (κ3) is 2.82. The SMILES string of the molecule is CCC1CCCCCN1S(=O)(=O)c1[nH]ncc1CN. The second-order valence-electron chi connectivity index (χ2n) is 4.96. The Morgan fingerprint density at radius 1 is 1.47 bits per heavy atom. The van der Waals surface area contributed by atoms with Gasteiger partial charge in [-0.2, -0.15) is 9.40 Å². The highest BCUT2D eigenvalue weighted by Gasteiger charge is 2.33. The second kappa shape index (κ2) is 6.02. The summed E-state index contributed by atoms with van der Waals surface area (Å²) in [7, 11) is -3.51. The number of hydrogen-bond acceptors (Lipinski definition) is 4. The Morgan fingerprint density at radius 2 is 2.26 bits per heavy atom. The molecule has 108 valence electrons. The summed E-state index contributed by atoms with van der Waals surface area (Å²) < 4.78 is 27.1. The van der Waals surface area contributed by atoms with Gasteiger partial charge in [0.1, 0.15) is 0 Å². The summed E-state index contributed by atoms with van der Waals surface area (Å²) >= 11 is 0. The molecule has 0 saturated carbocycles. The lowest BCUT2D eigenvalue weighted by Crippen LogP contribution is -2.40. The van der Waals surface area contributed by atoms with Gasteiger partial charge >= 0.3 is 0 Å². The summed E-state index contributed by atoms with van der Waals surface area (Å²) in [5.74, 6) is 0. The van der Waals surface area contributed by atoms with E-state index in [0.29, 0.717) is 12.1 Å². The first-order valence-electron chi connectivity index (χ1n) is 6.85. The number of H-pyrrole nitrogens is 1. The molecular formula is C12H22N4O2S. The average Bonchev–Trinajstić information content (AvgIpc) is 2.76. The van der Waals surface area contributed by atoms with Crippen molar-refractivity contribution < 1.29 is 8.42 Å². The van der Waals surface area contributed by atoms with Crippen molar-refractivity contribution in [2.45, 2.75) is 56.6 Å². The van der Waals surface area contributed by atoms with Crippen molar-refractivity contribution >= 4 is 10.0 Å². The quantitative estimate of drug-likeness (QED) is 0.870. The van der Waals surface area contributed by atoms with Gasteiger partial charge in [-0.1, -0.05) is 19.8 Å². The van der Waals surface area contributed by atoms with E-state index in [-0.39, 0.29) is 17.6 Å². The van der Waals surface area contributed by atoms with Gasteiger partial charge in [-0.05, 0) is 19.3 Å². The lowest BCUT2D eigenvalue weighted by Gasteiger charge is -2.27. The van der Waals surface area contributed by atoms with Crippen LogP contribution in [-0.2, 0) is 16.6 Å². The van der Waals surface area contributed by atoms with Gasteiger partial charge in [0, 0.05) is 24.7 Å². The Bertz CT molecular complexity index is 512. The van der Waals surface area contributed by atoms with E-state index in [1.165, 1.54) is 6.20 Å². The van der Waals surface area contributed by atoms with Gasteiger partial charge in [-0.3, -0.25) is 5.10 Å². The Kier molecular flexibility index (Phi) is 4.59. The number of aromatic amines is 1. The van der Waals surface area contributed by atoms with Crippen molar-refractivity contribution in [3.63, 3.8) is 0 Å². The fourth-order valence-corrected chi connectivity index (χ4v) is 4.55. The molecule has 0 amide bonds. The van der Waals surface area contributed by atoms with Crippen molar-refractivity contribution in [3.05, 3.63) is 11.8 Å². The van der Waals surface area contributed by atoms with E-state index >= 15 is 0 Å². The second-order valence-corrected chi connectivity index (χ2v) is 6.78. The van der Waals surface area contributed by atoms with Crippen LogP contribution in [0.15, 0.2) is 11.2 Å². The Labute approximate surface area is 114 Å². The average molecular weight is 286 g/mol. The van der Waals surface area contributed by atoms with Gasteiger partial charge in [0.25, 0.3) is 10.0 Å². The molecule has 1 saturated heterocycles. The van der Waals surface area contributed by atoms with E-state index in [0.717, 1.165) is 32.1 Å². The maximum atomic E-state index is 12.7. The standard InChI is InChI=1S/C12H22N4O2S/c1-2-11-6-4-3-5-7-16(11)19(17,18)12-10(8-13)9-14-15-12/h9,11H,2-8,13H2,1H3,(H,14,15). The fourth-order valence-electron chi connectivity index (χ4n) is 2.66. The van der Waals surface area contributed by atoms with Crippen LogP contribution >= 0.6 is 0 Å². The minimum absolute atomic E-state index is 0.0847. The van der Waals surface area contributed by atoms with E-state index in [2.05, 4.69) is 10.2 Å². The molecule has 2 heterocycles. The first-order valence-corrected chi connectivity index (χ1v) is 8.29. The molecule has 2 rings (SSSR count). The molecule has 3 N–H and O–H groups in total. The maximum absolute atomic E-state index is 12.7. The van der Waals surface area contributed by atoms with Gasteiger partial charge in [0.05, 0.1) is 6.20 Å². The highest BCUT2D eigenvalue weighted by Crippen LogP contribution is 2.26. The summed E-state index contributed by atoms with van der Waals surface area (Å²) in [6, 6.07) is 0.0847. The van der Waals surface area contributed by atoms with Crippen molar-refractivity contribution in [3.8, 4) is 0 Å². The molecule has 6 nitrogen and oxygen atoms in total. The number of nitrogens with two attached hydrogens (primary N) is 1. The predicted molar refractivity (Wildman–Crippen MR) is 72.9 cm³/mol. The number of nitrogens with zero attached hydrogens (tertiary/aromatic N) is 2. The van der Waals surface area contributed by atoms with E-state index in [9.17, 15) is 8.42 Å². The van der Waals surface area contributed by atoms with Crippen molar-refractivity contribution in [2.75, 3.05) is 6.54 Å². The van der Waals surface area contributed by atoms with Crippen LogP contribution in [0.2, 0.25) is 0 Å². The molecule has 0 aliphatic carbocycles. The van der Waals surface area contributed by atoms with Gasteiger partial charge in [0.15, 0.2) is 5.03 Å². The Morgan fingerprint density at radius 3 is 2.95 bits per heavy atom. The van der Waals surface area contributed by atoms with E-state index in [4.69, 9.17) is 5.73 Å². The lowest BCUT2D eigenvalue weighted by molar-refractivity contribution is 0.313. The first kappa shape index (κ1) is 14.5. The van der Waals surface area contributed by atoms with E-state index in [1.54, 1.807) is 4.31 Å². The molecule has 7 heteroatoms. The first-order chi connectivity index (χ1) is 9.11. The molecule has 1 aromatic rings. The molecule has 0 bridgehead atoms. The van der Waals surface area contributed by atoms with Crippen LogP contribution in [-0.4, -0.2) is 35.5 Å². The molecule has 19 heavy (non-hydrogen) atoms. The van der Waals surface area contributed by atoms with Crippen LogP contribution in [0.4, 0.5) is 0 Å². The minimum Gasteiger partial charge on any atom is -0.326 e. The smallest absolute Gasteiger partial charge is 0.260 e. The predicted octanol–water partition coefficient (Wildman–Crippen LogP) is 1.21. The molecule has 0 spiro atoms. The van der Waals surface area contributed by atoms with E-state index in [1.807, 2.05) is 6.92 Å². The third-order valence-corrected chi connectivity index (χ3v) is 5.73. The van der Waals surface area contributed by atoms with Crippen LogP contribution in [0.3, 0.4) is 0 Å². The number of hydrogen-bond donors (Lipinski definition) is 2. The highest BCUT2D eigenvalue weighted by atomic mass is 32.2. The third-order valence-electron chi connectivity index (χ3n) is 3.76. The highest BCUT2D eigenvalue weighted by molar-refractivity contribution is 7.89. The molecule has 1 atom stereocenters. The fraction of sp³-hybridized carbons (Fsp3) is 0.750. The largest absolute Gasteiger partial charge is 0.326 e. The van der Waals surface area contributed by atoms with Crippen LogP contribution < -0.4 is 5.73 Å². The topological polar surface area (TPSA) is 92.1 Å². The van der Waals surface area contributed by atoms with Crippen LogP contribution in [0, 0.1) is 0 Å². The lowest BCUT2D eigenvalue weighted by atomic mass is 10.1. The molecule has 1 fully saturated rings. The number of rotatable bonds is 4. The maximum Gasteiger partial charge on any atom is 0.260 e. The molecule has 1 aliphatic heterocycles. The normalized spacial score (nSPS) is 22.3. The number of sulfonamides is 1. The minimum atomic E-state index is -3.51. The molecule has 1 unspecified atom stereocenters. The van der Waals surface area contributed by atoms with Gasteiger partial charge in [-0.15, -0.1) is 0 Å². The monoisotopic (exact) mass is 286 g/mol. The zero-order valence-electron chi connectivity index (χ0n) is 11.3. The summed E-state index contributed by atoms with van der Waals surface area (Å²) in [6.45, 7) is 2.80. The Balaban J connectivity index is 2.36. The van der Waals surface area contributed by atoms with Crippen LogP contribution in [0.25, 0.3) is 0 Å². The van der Waals surface area contributed by atoms with E-state index < -0.39 is 10.0 Å². The molecule has 0 radical (unpaired) electrons. The summed E-state index contributed by atoms with van der Waals surface area (Å²) in [5.41, 5.74) is 6.13.